The number of halogens is 1. The second-order valence-corrected chi connectivity index (χ2v) is 7.29. The van der Waals surface area contributed by atoms with E-state index in [1.807, 2.05) is 37.3 Å². The van der Waals surface area contributed by atoms with Crippen molar-refractivity contribution in [2.24, 2.45) is 0 Å². The van der Waals surface area contributed by atoms with Crippen LogP contribution in [0.4, 0.5) is 4.39 Å². The Hall–Kier alpha value is -2.69. The van der Waals surface area contributed by atoms with Gasteiger partial charge in [-0.3, -0.25) is 9.59 Å². The molecule has 1 N–H and O–H groups in total. The van der Waals surface area contributed by atoms with Crippen molar-refractivity contribution in [1.29, 1.82) is 0 Å². The van der Waals surface area contributed by atoms with Crippen LogP contribution in [-0.4, -0.2) is 35.0 Å². The van der Waals surface area contributed by atoms with Gasteiger partial charge in [0.25, 0.3) is 0 Å². The highest BCUT2D eigenvalue weighted by atomic mass is 19.1. The fourth-order valence-corrected chi connectivity index (χ4v) is 3.82. The molecule has 0 aromatic heterocycles. The van der Waals surface area contributed by atoms with Crippen LogP contribution in [0.1, 0.15) is 43.2 Å². The molecule has 1 atom stereocenters. The maximum absolute atomic E-state index is 13.1. The lowest BCUT2D eigenvalue weighted by Gasteiger charge is -2.39. The van der Waals surface area contributed by atoms with Gasteiger partial charge < -0.3 is 10.0 Å². The number of likely N-dealkylation sites (tertiary alicyclic amines) is 1. The molecule has 142 valence electrons. The number of benzene rings is 2. The average molecular weight is 369 g/mol. The Bertz CT molecular complexity index is 796. The zero-order chi connectivity index (χ0) is 19.4. The Balaban J connectivity index is 1.65. The smallest absolute Gasteiger partial charge is 0.314 e. The van der Waals surface area contributed by atoms with Crippen molar-refractivity contribution in [2.45, 2.75) is 37.5 Å². The first-order valence-corrected chi connectivity index (χ1v) is 9.24. The van der Waals surface area contributed by atoms with Crippen molar-refractivity contribution >= 4 is 11.9 Å². The molecule has 2 aromatic rings. The number of carbonyl (C=O) groups is 2. The van der Waals surface area contributed by atoms with E-state index in [1.165, 1.54) is 12.1 Å². The van der Waals surface area contributed by atoms with Gasteiger partial charge in [-0.05, 0) is 42.0 Å². The van der Waals surface area contributed by atoms with Crippen LogP contribution in [0, 0.1) is 5.82 Å². The number of piperidine rings is 1. The molecule has 1 aliphatic heterocycles. The van der Waals surface area contributed by atoms with Crippen LogP contribution in [0.2, 0.25) is 0 Å². The third-order valence-corrected chi connectivity index (χ3v) is 5.63. The van der Waals surface area contributed by atoms with Crippen LogP contribution >= 0.6 is 0 Å². The minimum absolute atomic E-state index is 0.0128. The number of nitrogens with zero attached hydrogens (tertiary/aromatic N) is 1. The molecule has 0 spiro atoms. The van der Waals surface area contributed by atoms with E-state index in [2.05, 4.69) is 0 Å². The van der Waals surface area contributed by atoms with Gasteiger partial charge in [0.05, 0.1) is 5.41 Å². The van der Waals surface area contributed by atoms with Gasteiger partial charge in [0, 0.05) is 19.5 Å². The fourth-order valence-electron chi connectivity index (χ4n) is 3.82. The molecule has 5 heteroatoms. The molecular formula is C22H24FNO3. The van der Waals surface area contributed by atoms with Crippen molar-refractivity contribution in [2.75, 3.05) is 13.1 Å². The standard InChI is InChI=1S/C22H24FNO3/c1-16(17-7-9-19(23)10-8-17)15-20(25)24-13-11-22(12-14-24,21(26)27)18-5-3-2-4-6-18/h2-10,16H,11-15H2,1H3,(H,26,27). The topological polar surface area (TPSA) is 57.6 Å². The van der Waals surface area contributed by atoms with Gasteiger partial charge in [-0.2, -0.15) is 0 Å². The molecule has 27 heavy (non-hydrogen) atoms. The molecular weight excluding hydrogens is 345 g/mol. The highest BCUT2D eigenvalue weighted by Gasteiger charge is 2.43. The van der Waals surface area contributed by atoms with E-state index in [0.717, 1.165) is 11.1 Å². The Morgan fingerprint density at radius 1 is 1.07 bits per heavy atom. The predicted molar refractivity (Wildman–Crippen MR) is 101 cm³/mol. The molecule has 0 radical (unpaired) electrons. The quantitative estimate of drug-likeness (QED) is 0.868. The summed E-state index contributed by atoms with van der Waals surface area (Å²) in [6.07, 6.45) is 1.14. The summed E-state index contributed by atoms with van der Waals surface area (Å²) in [6, 6.07) is 15.5. The van der Waals surface area contributed by atoms with Gasteiger partial charge in [-0.25, -0.2) is 4.39 Å². The summed E-state index contributed by atoms with van der Waals surface area (Å²) in [4.78, 5) is 26.4. The van der Waals surface area contributed by atoms with Gasteiger partial charge in [0.15, 0.2) is 0 Å². The summed E-state index contributed by atoms with van der Waals surface area (Å²) in [7, 11) is 0. The van der Waals surface area contributed by atoms with E-state index in [1.54, 1.807) is 17.0 Å². The number of carboxylic acid groups (broad SMARTS) is 1. The van der Waals surface area contributed by atoms with E-state index in [-0.39, 0.29) is 17.6 Å². The first-order chi connectivity index (χ1) is 12.9. The van der Waals surface area contributed by atoms with E-state index in [0.29, 0.717) is 32.4 Å². The molecule has 4 nitrogen and oxygen atoms in total. The minimum Gasteiger partial charge on any atom is -0.481 e. The SMILES string of the molecule is CC(CC(=O)N1CCC(C(=O)O)(c2ccccc2)CC1)c1ccc(F)cc1. The predicted octanol–water partition coefficient (Wildman–Crippen LogP) is 3.96. The lowest BCUT2D eigenvalue weighted by atomic mass is 9.72. The van der Waals surface area contributed by atoms with Gasteiger partial charge in [-0.1, -0.05) is 49.4 Å². The molecule has 0 bridgehead atoms. The zero-order valence-electron chi connectivity index (χ0n) is 15.4. The summed E-state index contributed by atoms with van der Waals surface area (Å²) in [5.74, 6) is -1.13. The molecule has 0 aliphatic carbocycles. The number of hydrogen-bond donors (Lipinski definition) is 1. The highest BCUT2D eigenvalue weighted by molar-refractivity contribution is 5.83. The highest BCUT2D eigenvalue weighted by Crippen LogP contribution is 2.36. The van der Waals surface area contributed by atoms with Gasteiger partial charge in [-0.15, -0.1) is 0 Å². The first-order valence-electron chi connectivity index (χ1n) is 9.24. The monoisotopic (exact) mass is 369 g/mol. The molecule has 1 heterocycles. The first kappa shape index (κ1) is 19.1. The van der Waals surface area contributed by atoms with Crippen LogP contribution in [0.5, 0.6) is 0 Å². The number of rotatable bonds is 5. The minimum atomic E-state index is -0.930. The lowest BCUT2D eigenvalue weighted by Crippen LogP contribution is -2.49. The van der Waals surface area contributed by atoms with E-state index in [4.69, 9.17) is 0 Å². The largest absolute Gasteiger partial charge is 0.481 e. The summed E-state index contributed by atoms with van der Waals surface area (Å²) in [5, 5.41) is 9.85. The van der Waals surface area contributed by atoms with Crippen molar-refractivity contribution in [3.8, 4) is 0 Å². The second kappa shape index (κ2) is 7.91. The summed E-state index contributed by atoms with van der Waals surface area (Å²) in [5.41, 5.74) is 0.788. The van der Waals surface area contributed by atoms with Crippen LogP contribution in [0.15, 0.2) is 54.6 Å². The van der Waals surface area contributed by atoms with Crippen molar-refractivity contribution in [3.63, 3.8) is 0 Å². The number of carboxylic acids is 1. The van der Waals surface area contributed by atoms with Crippen molar-refractivity contribution in [3.05, 3.63) is 71.5 Å². The maximum atomic E-state index is 13.1. The van der Waals surface area contributed by atoms with Gasteiger partial charge in [0.2, 0.25) is 5.91 Å². The molecule has 3 rings (SSSR count). The van der Waals surface area contributed by atoms with E-state index < -0.39 is 11.4 Å². The van der Waals surface area contributed by atoms with E-state index in [9.17, 15) is 19.1 Å². The third-order valence-electron chi connectivity index (χ3n) is 5.63. The number of hydrogen-bond acceptors (Lipinski definition) is 2. The number of carbonyl (C=O) groups excluding carboxylic acids is 1. The van der Waals surface area contributed by atoms with Gasteiger partial charge >= 0.3 is 5.97 Å². The summed E-state index contributed by atoms with van der Waals surface area (Å²) >= 11 is 0. The van der Waals surface area contributed by atoms with Crippen LogP contribution in [0.3, 0.4) is 0 Å². The Labute approximate surface area is 158 Å². The molecule has 1 unspecified atom stereocenters. The van der Waals surface area contributed by atoms with Crippen LogP contribution in [-0.2, 0) is 15.0 Å². The average Bonchev–Trinajstić information content (AvgIpc) is 2.69. The van der Waals surface area contributed by atoms with E-state index >= 15 is 0 Å². The molecule has 0 saturated carbocycles. The zero-order valence-corrected chi connectivity index (χ0v) is 15.4. The number of aliphatic carboxylic acids is 1. The molecule has 1 saturated heterocycles. The summed E-state index contributed by atoms with van der Waals surface area (Å²) in [6.45, 7) is 2.80. The third kappa shape index (κ3) is 4.02. The maximum Gasteiger partial charge on any atom is 0.314 e. The fraction of sp³-hybridized carbons (Fsp3) is 0.364. The Kier molecular flexibility index (Phi) is 5.59. The number of amides is 1. The van der Waals surface area contributed by atoms with Crippen LogP contribution in [0.25, 0.3) is 0 Å². The summed E-state index contributed by atoms with van der Waals surface area (Å²) < 4.78 is 13.1. The second-order valence-electron chi connectivity index (χ2n) is 7.29. The van der Waals surface area contributed by atoms with Crippen molar-refractivity contribution < 1.29 is 19.1 Å². The normalized spacial score (nSPS) is 17.3. The Morgan fingerprint density at radius 2 is 1.67 bits per heavy atom. The molecule has 1 fully saturated rings. The van der Waals surface area contributed by atoms with Crippen LogP contribution < -0.4 is 0 Å². The lowest BCUT2D eigenvalue weighted by molar-refractivity contribution is -0.148. The molecule has 1 aliphatic rings. The molecule has 2 aromatic carbocycles. The molecule has 1 amide bonds. The van der Waals surface area contributed by atoms with Gasteiger partial charge in [0.1, 0.15) is 5.82 Å². The Morgan fingerprint density at radius 3 is 2.22 bits per heavy atom. The van der Waals surface area contributed by atoms with Crippen molar-refractivity contribution in [1.82, 2.24) is 4.90 Å².